The molecule has 0 atom stereocenters. The number of anilines is 2. The Kier molecular flexibility index (Phi) is 5.51. The van der Waals surface area contributed by atoms with E-state index in [9.17, 15) is 4.79 Å². The first-order valence-corrected chi connectivity index (χ1v) is 10.4. The fourth-order valence-electron chi connectivity index (χ4n) is 4.15. The third-order valence-corrected chi connectivity index (χ3v) is 6.05. The van der Waals surface area contributed by atoms with Crippen LogP contribution in [0.5, 0.6) is 0 Å². The zero-order valence-corrected chi connectivity index (χ0v) is 17.0. The van der Waals surface area contributed by atoms with Crippen LogP contribution in [-0.4, -0.2) is 55.1 Å². The molecule has 5 heteroatoms. The zero-order valence-electron chi connectivity index (χ0n) is 17.0. The van der Waals surface area contributed by atoms with Crippen molar-refractivity contribution in [2.24, 2.45) is 5.92 Å². The maximum atomic E-state index is 13.0. The van der Waals surface area contributed by atoms with E-state index >= 15 is 0 Å². The summed E-state index contributed by atoms with van der Waals surface area (Å²) >= 11 is 0. The van der Waals surface area contributed by atoms with E-state index < -0.39 is 0 Å². The lowest BCUT2D eigenvalue weighted by atomic mass is 9.99. The molecular weight excluding hydrogens is 348 g/mol. The van der Waals surface area contributed by atoms with Gasteiger partial charge in [-0.25, -0.2) is 0 Å². The Morgan fingerprint density at radius 2 is 1.61 bits per heavy atom. The van der Waals surface area contributed by atoms with E-state index in [0.717, 1.165) is 50.9 Å². The van der Waals surface area contributed by atoms with Crippen molar-refractivity contribution in [2.75, 3.05) is 49.1 Å². The second-order valence-electron chi connectivity index (χ2n) is 8.19. The lowest BCUT2D eigenvalue weighted by molar-refractivity contribution is 0.0741. The van der Waals surface area contributed by atoms with E-state index in [4.69, 9.17) is 0 Å². The number of hydrogen-bond donors (Lipinski definition) is 0. The van der Waals surface area contributed by atoms with Crippen molar-refractivity contribution >= 4 is 17.3 Å². The van der Waals surface area contributed by atoms with Crippen molar-refractivity contribution in [3.63, 3.8) is 0 Å². The summed E-state index contributed by atoms with van der Waals surface area (Å²) in [4.78, 5) is 24.1. The Labute approximate surface area is 168 Å². The molecule has 2 aliphatic rings. The van der Waals surface area contributed by atoms with E-state index in [1.54, 1.807) is 6.20 Å². The van der Waals surface area contributed by atoms with Gasteiger partial charge in [0.2, 0.25) is 0 Å². The van der Waals surface area contributed by atoms with Crippen molar-refractivity contribution in [1.29, 1.82) is 0 Å². The number of rotatable bonds is 3. The van der Waals surface area contributed by atoms with Gasteiger partial charge in [-0.2, -0.15) is 0 Å². The Morgan fingerprint density at radius 3 is 2.32 bits per heavy atom. The molecule has 1 aromatic carbocycles. The molecule has 28 heavy (non-hydrogen) atoms. The number of pyridine rings is 1. The molecule has 148 valence electrons. The fraction of sp³-hybridized carbons (Fsp3) is 0.478. The second kappa shape index (κ2) is 8.21. The maximum Gasteiger partial charge on any atom is 0.272 e. The Bertz CT molecular complexity index is 821. The number of piperidine rings is 1. The molecule has 1 amide bonds. The van der Waals surface area contributed by atoms with Crippen LogP contribution in [-0.2, 0) is 0 Å². The number of nitrogens with zero attached hydrogens (tertiary/aromatic N) is 4. The molecule has 5 nitrogen and oxygen atoms in total. The van der Waals surface area contributed by atoms with Crippen molar-refractivity contribution < 1.29 is 4.79 Å². The van der Waals surface area contributed by atoms with Crippen molar-refractivity contribution in [3.8, 4) is 0 Å². The smallest absolute Gasteiger partial charge is 0.272 e. The molecule has 4 rings (SSSR count). The maximum absolute atomic E-state index is 13.0. The first-order chi connectivity index (χ1) is 13.6. The van der Waals surface area contributed by atoms with E-state index in [2.05, 4.69) is 52.9 Å². The highest BCUT2D eigenvalue weighted by Gasteiger charge is 2.24. The molecule has 2 saturated heterocycles. The van der Waals surface area contributed by atoms with E-state index in [1.807, 2.05) is 17.0 Å². The van der Waals surface area contributed by atoms with Crippen LogP contribution in [0.25, 0.3) is 0 Å². The van der Waals surface area contributed by atoms with Gasteiger partial charge in [-0.05, 0) is 55.5 Å². The zero-order chi connectivity index (χ0) is 19.5. The number of carbonyl (C=O) groups is 1. The summed E-state index contributed by atoms with van der Waals surface area (Å²) < 4.78 is 0. The third kappa shape index (κ3) is 4.13. The fourth-order valence-corrected chi connectivity index (χ4v) is 4.15. The number of aromatic nitrogens is 1. The Hall–Kier alpha value is -2.56. The number of benzene rings is 1. The normalized spacial score (nSPS) is 18.4. The molecule has 0 N–H and O–H groups in total. The van der Waals surface area contributed by atoms with Gasteiger partial charge < -0.3 is 14.7 Å². The summed E-state index contributed by atoms with van der Waals surface area (Å²) in [7, 11) is 0. The average Bonchev–Trinajstić information content (AvgIpc) is 2.74. The molecule has 2 fully saturated rings. The summed E-state index contributed by atoms with van der Waals surface area (Å²) in [6, 6.07) is 12.6. The van der Waals surface area contributed by atoms with E-state index in [0.29, 0.717) is 5.69 Å². The molecule has 0 unspecified atom stereocenters. The van der Waals surface area contributed by atoms with Crippen LogP contribution >= 0.6 is 0 Å². The number of carbonyl (C=O) groups excluding carboxylic acids is 1. The van der Waals surface area contributed by atoms with Gasteiger partial charge in [0.1, 0.15) is 5.69 Å². The first kappa shape index (κ1) is 18.8. The lowest BCUT2D eigenvalue weighted by Gasteiger charge is -2.36. The predicted octanol–water partition coefficient (Wildman–Crippen LogP) is 3.59. The molecule has 0 radical (unpaired) electrons. The first-order valence-electron chi connectivity index (χ1n) is 10.4. The van der Waals surface area contributed by atoms with Gasteiger partial charge in [-0.3, -0.25) is 9.78 Å². The standard InChI is InChI=1S/C23H30N4O/c1-18-7-10-25(11-8-18)21-6-9-24-22(17-21)23(28)27-14-12-26(13-15-27)20-5-3-4-19(2)16-20/h3-6,9,16-18H,7-8,10-15H2,1-2H3. The van der Waals surface area contributed by atoms with Crippen LogP contribution in [0.15, 0.2) is 42.6 Å². The number of piperazine rings is 1. The van der Waals surface area contributed by atoms with Gasteiger partial charge in [0, 0.05) is 56.8 Å². The number of aryl methyl sites for hydroxylation is 1. The van der Waals surface area contributed by atoms with Crippen LogP contribution in [0.1, 0.15) is 35.8 Å². The minimum atomic E-state index is 0.0520. The van der Waals surface area contributed by atoms with Gasteiger partial charge >= 0.3 is 0 Å². The predicted molar refractivity (Wildman–Crippen MR) is 114 cm³/mol. The van der Waals surface area contributed by atoms with Gasteiger partial charge in [0.05, 0.1) is 0 Å². The van der Waals surface area contributed by atoms with Crippen LogP contribution in [0.4, 0.5) is 11.4 Å². The Morgan fingerprint density at radius 1 is 0.929 bits per heavy atom. The largest absolute Gasteiger partial charge is 0.371 e. The third-order valence-electron chi connectivity index (χ3n) is 6.05. The highest BCUT2D eigenvalue weighted by Crippen LogP contribution is 2.24. The summed E-state index contributed by atoms with van der Waals surface area (Å²) in [5, 5.41) is 0. The van der Waals surface area contributed by atoms with E-state index in [-0.39, 0.29) is 5.91 Å². The highest BCUT2D eigenvalue weighted by molar-refractivity contribution is 5.93. The average molecular weight is 379 g/mol. The lowest BCUT2D eigenvalue weighted by Crippen LogP contribution is -2.49. The molecule has 0 aliphatic carbocycles. The van der Waals surface area contributed by atoms with Crippen LogP contribution in [0.2, 0.25) is 0 Å². The summed E-state index contributed by atoms with van der Waals surface area (Å²) in [5.41, 5.74) is 4.21. The molecule has 2 aliphatic heterocycles. The number of hydrogen-bond acceptors (Lipinski definition) is 4. The molecule has 0 saturated carbocycles. The van der Waals surface area contributed by atoms with E-state index in [1.165, 1.54) is 24.1 Å². The SMILES string of the molecule is Cc1cccc(N2CCN(C(=O)c3cc(N4CCC(C)CC4)ccn3)CC2)c1. The van der Waals surface area contributed by atoms with Gasteiger partial charge in [-0.1, -0.05) is 19.1 Å². The van der Waals surface area contributed by atoms with Crippen LogP contribution < -0.4 is 9.80 Å². The van der Waals surface area contributed by atoms with Crippen molar-refractivity contribution in [1.82, 2.24) is 9.88 Å². The van der Waals surface area contributed by atoms with Crippen molar-refractivity contribution in [2.45, 2.75) is 26.7 Å². The molecule has 0 bridgehead atoms. The topological polar surface area (TPSA) is 39.7 Å². The monoisotopic (exact) mass is 378 g/mol. The quantitative estimate of drug-likeness (QED) is 0.818. The minimum Gasteiger partial charge on any atom is -0.371 e. The number of amides is 1. The highest BCUT2D eigenvalue weighted by atomic mass is 16.2. The van der Waals surface area contributed by atoms with Crippen LogP contribution in [0, 0.1) is 12.8 Å². The van der Waals surface area contributed by atoms with Gasteiger partial charge in [-0.15, -0.1) is 0 Å². The van der Waals surface area contributed by atoms with Gasteiger partial charge in [0.15, 0.2) is 0 Å². The summed E-state index contributed by atoms with van der Waals surface area (Å²) in [6.07, 6.45) is 4.21. The summed E-state index contributed by atoms with van der Waals surface area (Å²) in [6.45, 7) is 9.75. The molecule has 3 heterocycles. The molecule has 1 aromatic heterocycles. The minimum absolute atomic E-state index is 0.0520. The Balaban J connectivity index is 1.39. The summed E-state index contributed by atoms with van der Waals surface area (Å²) in [5.74, 6) is 0.847. The molecule has 0 spiro atoms. The molecule has 2 aromatic rings. The van der Waals surface area contributed by atoms with Gasteiger partial charge in [0.25, 0.3) is 5.91 Å². The van der Waals surface area contributed by atoms with Crippen LogP contribution in [0.3, 0.4) is 0 Å². The second-order valence-corrected chi connectivity index (χ2v) is 8.19. The van der Waals surface area contributed by atoms with Crippen molar-refractivity contribution in [3.05, 3.63) is 53.9 Å². The molecular formula is C23H30N4O.